The van der Waals surface area contributed by atoms with Gasteiger partial charge in [-0.1, -0.05) is 0 Å². The average Bonchev–Trinajstić information content (AvgIpc) is 2.53. The van der Waals surface area contributed by atoms with E-state index < -0.39 is 5.54 Å². The van der Waals surface area contributed by atoms with Crippen LogP contribution in [-0.4, -0.2) is 16.1 Å². The highest BCUT2D eigenvalue weighted by Crippen LogP contribution is 2.19. The number of hydrogen-bond donors (Lipinski definition) is 2. The molecule has 5 heteroatoms. The van der Waals surface area contributed by atoms with Gasteiger partial charge in [0.05, 0.1) is 16.6 Å². The van der Waals surface area contributed by atoms with E-state index in [1.54, 1.807) is 10.6 Å². The number of benzene rings is 1. The molecule has 0 fully saturated rings. The van der Waals surface area contributed by atoms with Crippen LogP contribution < -0.4 is 11.4 Å². The van der Waals surface area contributed by atoms with Crippen LogP contribution in [-0.2, 0) is 5.54 Å². The molecule has 1 aromatic heterocycles. The number of rotatable bonds is 2. The van der Waals surface area contributed by atoms with Gasteiger partial charge < -0.3 is 10.7 Å². The summed E-state index contributed by atoms with van der Waals surface area (Å²) in [6, 6.07) is 4.22. The van der Waals surface area contributed by atoms with E-state index >= 15 is 0 Å². The van der Waals surface area contributed by atoms with E-state index in [1.807, 2.05) is 13.8 Å². The Hall–Kier alpha value is -1.62. The molecule has 16 heavy (non-hydrogen) atoms. The summed E-state index contributed by atoms with van der Waals surface area (Å²) in [5.74, 6) is -0.369. The molecule has 0 saturated heterocycles. The van der Waals surface area contributed by atoms with Crippen molar-refractivity contribution < 1.29 is 4.39 Å². The fourth-order valence-corrected chi connectivity index (χ4v) is 1.78. The Balaban J connectivity index is 2.80. The van der Waals surface area contributed by atoms with Gasteiger partial charge in [-0.3, -0.25) is 4.57 Å². The van der Waals surface area contributed by atoms with Crippen LogP contribution >= 0.6 is 0 Å². The monoisotopic (exact) mass is 223 g/mol. The Morgan fingerprint density at radius 2 is 2.19 bits per heavy atom. The lowest BCUT2D eigenvalue weighted by Gasteiger charge is -2.24. The van der Waals surface area contributed by atoms with E-state index in [0.29, 0.717) is 17.6 Å². The number of aromatic amines is 1. The molecule has 2 rings (SSSR count). The lowest BCUT2D eigenvalue weighted by molar-refractivity contribution is 0.367. The summed E-state index contributed by atoms with van der Waals surface area (Å²) < 4.78 is 14.6. The molecule has 1 aromatic carbocycles. The van der Waals surface area contributed by atoms with Crippen molar-refractivity contribution in [2.75, 3.05) is 6.54 Å². The van der Waals surface area contributed by atoms with Gasteiger partial charge in [0.1, 0.15) is 5.82 Å². The molecule has 0 atom stereocenters. The molecule has 0 radical (unpaired) electrons. The number of imidazole rings is 1. The molecule has 0 aliphatic rings. The van der Waals surface area contributed by atoms with Crippen LogP contribution in [0.3, 0.4) is 0 Å². The maximum atomic E-state index is 13.0. The van der Waals surface area contributed by atoms with Crippen molar-refractivity contribution in [2.45, 2.75) is 19.4 Å². The van der Waals surface area contributed by atoms with Gasteiger partial charge in [0.15, 0.2) is 0 Å². The Bertz CT molecular complexity index is 582. The third-order valence-corrected chi connectivity index (χ3v) is 2.75. The summed E-state index contributed by atoms with van der Waals surface area (Å²) in [5, 5.41) is 0. The van der Waals surface area contributed by atoms with Crippen LogP contribution in [0.15, 0.2) is 23.0 Å². The molecule has 0 spiro atoms. The summed E-state index contributed by atoms with van der Waals surface area (Å²) in [4.78, 5) is 14.4. The van der Waals surface area contributed by atoms with E-state index in [9.17, 15) is 9.18 Å². The molecule has 0 saturated carbocycles. The zero-order valence-corrected chi connectivity index (χ0v) is 9.25. The molecule has 86 valence electrons. The topological polar surface area (TPSA) is 63.8 Å². The fourth-order valence-electron chi connectivity index (χ4n) is 1.78. The summed E-state index contributed by atoms with van der Waals surface area (Å²) in [6.45, 7) is 4.06. The predicted molar refractivity (Wildman–Crippen MR) is 60.9 cm³/mol. The minimum atomic E-state index is -0.493. The molecular weight excluding hydrogens is 209 g/mol. The Morgan fingerprint density at radius 3 is 2.81 bits per heavy atom. The molecule has 0 aliphatic heterocycles. The third kappa shape index (κ3) is 1.53. The van der Waals surface area contributed by atoms with E-state index in [0.717, 1.165) is 0 Å². The number of fused-ring (bicyclic) bond motifs is 1. The van der Waals surface area contributed by atoms with Gasteiger partial charge in [-0.2, -0.15) is 0 Å². The second kappa shape index (κ2) is 3.45. The van der Waals surface area contributed by atoms with Crippen LogP contribution in [0.4, 0.5) is 4.39 Å². The Morgan fingerprint density at radius 1 is 1.50 bits per heavy atom. The van der Waals surface area contributed by atoms with Crippen LogP contribution in [0.2, 0.25) is 0 Å². The summed E-state index contributed by atoms with van der Waals surface area (Å²) in [7, 11) is 0. The van der Waals surface area contributed by atoms with E-state index in [4.69, 9.17) is 5.73 Å². The molecule has 0 amide bonds. The minimum Gasteiger partial charge on any atom is -0.328 e. The van der Waals surface area contributed by atoms with Crippen LogP contribution in [0.25, 0.3) is 11.0 Å². The lowest BCUT2D eigenvalue weighted by Crippen LogP contribution is -2.40. The Labute approximate surface area is 91.9 Å². The number of H-pyrrole nitrogens is 1. The van der Waals surface area contributed by atoms with E-state index in [2.05, 4.69) is 4.98 Å². The van der Waals surface area contributed by atoms with Crippen molar-refractivity contribution in [2.24, 2.45) is 5.73 Å². The lowest BCUT2D eigenvalue weighted by atomic mass is 10.1. The highest BCUT2D eigenvalue weighted by molar-refractivity contribution is 5.75. The zero-order chi connectivity index (χ0) is 11.9. The first kappa shape index (κ1) is 10.9. The standard InChI is InChI=1S/C11H14FN3O/c1-11(2,6-13)15-9-4-3-7(12)5-8(9)14-10(15)16/h3-5H,6,13H2,1-2H3,(H,14,16). The van der Waals surface area contributed by atoms with E-state index in [1.165, 1.54) is 12.1 Å². The van der Waals surface area contributed by atoms with Gasteiger partial charge in [-0.05, 0) is 32.0 Å². The maximum Gasteiger partial charge on any atom is 0.327 e. The van der Waals surface area contributed by atoms with Crippen molar-refractivity contribution in [1.29, 1.82) is 0 Å². The second-order valence-corrected chi connectivity index (χ2v) is 4.44. The summed E-state index contributed by atoms with van der Waals surface area (Å²) in [5.41, 5.74) is 6.04. The zero-order valence-electron chi connectivity index (χ0n) is 9.25. The first-order valence-electron chi connectivity index (χ1n) is 5.06. The van der Waals surface area contributed by atoms with Crippen molar-refractivity contribution >= 4 is 11.0 Å². The number of nitrogens with one attached hydrogen (secondary N) is 1. The number of hydrogen-bond acceptors (Lipinski definition) is 2. The SMILES string of the molecule is CC(C)(CN)n1c(=O)[nH]c2cc(F)ccc21. The van der Waals surface area contributed by atoms with Gasteiger partial charge in [-0.15, -0.1) is 0 Å². The number of halogens is 1. The first-order chi connectivity index (χ1) is 7.45. The van der Waals surface area contributed by atoms with Crippen molar-refractivity contribution in [3.05, 3.63) is 34.5 Å². The predicted octanol–water partition coefficient (Wildman–Crippen LogP) is 1.16. The highest BCUT2D eigenvalue weighted by atomic mass is 19.1. The van der Waals surface area contributed by atoms with E-state index in [-0.39, 0.29) is 11.5 Å². The maximum absolute atomic E-state index is 13.0. The molecular formula is C11H14FN3O. The molecule has 0 aliphatic carbocycles. The van der Waals surface area contributed by atoms with Crippen LogP contribution in [0, 0.1) is 5.82 Å². The molecule has 4 nitrogen and oxygen atoms in total. The van der Waals surface area contributed by atoms with Crippen LogP contribution in [0.5, 0.6) is 0 Å². The van der Waals surface area contributed by atoms with Gasteiger partial charge in [0, 0.05) is 6.54 Å². The Kier molecular flexibility index (Phi) is 2.35. The highest BCUT2D eigenvalue weighted by Gasteiger charge is 2.23. The first-order valence-corrected chi connectivity index (χ1v) is 5.06. The van der Waals surface area contributed by atoms with Crippen LogP contribution in [0.1, 0.15) is 13.8 Å². The van der Waals surface area contributed by atoms with Crippen molar-refractivity contribution in [3.63, 3.8) is 0 Å². The molecule has 1 heterocycles. The molecule has 3 N–H and O–H groups in total. The molecule has 0 unspecified atom stereocenters. The minimum absolute atomic E-state index is 0.268. The summed E-state index contributed by atoms with van der Waals surface area (Å²) >= 11 is 0. The average molecular weight is 223 g/mol. The quantitative estimate of drug-likeness (QED) is 0.802. The van der Waals surface area contributed by atoms with Gasteiger partial charge in [-0.25, -0.2) is 9.18 Å². The fraction of sp³-hybridized carbons (Fsp3) is 0.364. The van der Waals surface area contributed by atoms with Gasteiger partial charge in [0.2, 0.25) is 0 Å². The number of aromatic nitrogens is 2. The smallest absolute Gasteiger partial charge is 0.327 e. The summed E-state index contributed by atoms with van der Waals surface area (Å²) in [6.07, 6.45) is 0. The van der Waals surface area contributed by atoms with Gasteiger partial charge in [0.25, 0.3) is 0 Å². The van der Waals surface area contributed by atoms with Crippen molar-refractivity contribution in [1.82, 2.24) is 9.55 Å². The third-order valence-electron chi connectivity index (χ3n) is 2.75. The number of nitrogens with two attached hydrogens (primary N) is 1. The second-order valence-electron chi connectivity index (χ2n) is 4.44. The number of nitrogens with zero attached hydrogens (tertiary/aromatic N) is 1. The van der Waals surface area contributed by atoms with Gasteiger partial charge >= 0.3 is 5.69 Å². The largest absolute Gasteiger partial charge is 0.328 e. The van der Waals surface area contributed by atoms with Crippen molar-refractivity contribution in [3.8, 4) is 0 Å². The molecule has 2 aromatic rings. The normalized spacial score (nSPS) is 12.2. The molecule has 0 bridgehead atoms.